The van der Waals surface area contributed by atoms with E-state index in [2.05, 4.69) is 0 Å². The maximum Gasteiger partial charge on any atom is 0.340 e. The smallest absolute Gasteiger partial charge is 0.340 e. The molecule has 2 aromatic carbocycles. The van der Waals surface area contributed by atoms with Gasteiger partial charge in [0.2, 0.25) is 0 Å². The Morgan fingerprint density at radius 1 is 1.30 bits per heavy atom. The van der Waals surface area contributed by atoms with Crippen LogP contribution in [0.25, 0.3) is 0 Å². The largest absolute Gasteiger partial charge is 0.457 e. The fourth-order valence-electron chi connectivity index (χ4n) is 1.70. The number of benzene rings is 2. The third-order valence-electron chi connectivity index (χ3n) is 2.78. The monoisotopic (exact) mass is 293 g/mol. The molecule has 5 heteroatoms. The normalized spacial score (nSPS) is 10.3. The molecule has 2 aromatic rings. The highest BCUT2D eigenvalue weighted by atomic mass is 35.5. The maximum absolute atomic E-state index is 13.0. The first-order valence-corrected chi connectivity index (χ1v) is 6.32. The lowest BCUT2D eigenvalue weighted by Gasteiger charge is -2.08. The summed E-state index contributed by atoms with van der Waals surface area (Å²) in [5.74, 6) is -1.03. The van der Waals surface area contributed by atoms with Gasteiger partial charge in [0.1, 0.15) is 12.4 Å². The van der Waals surface area contributed by atoms with Crippen LogP contribution >= 0.6 is 11.6 Å². The summed E-state index contributed by atoms with van der Waals surface area (Å²) < 4.78 is 18.1. The number of nitrogens with two attached hydrogens (primary N) is 1. The zero-order valence-corrected chi connectivity index (χ0v) is 11.6. The van der Waals surface area contributed by atoms with E-state index in [9.17, 15) is 9.18 Å². The molecule has 2 N–H and O–H groups in total. The molecule has 0 amide bonds. The lowest BCUT2D eigenvalue weighted by Crippen LogP contribution is -2.08. The van der Waals surface area contributed by atoms with Crippen molar-refractivity contribution < 1.29 is 13.9 Å². The third kappa shape index (κ3) is 3.27. The average Bonchev–Trinajstić information content (AvgIpc) is 2.42. The minimum atomic E-state index is -0.522. The topological polar surface area (TPSA) is 52.3 Å². The lowest BCUT2D eigenvalue weighted by molar-refractivity contribution is 0.0474. The quantitative estimate of drug-likeness (QED) is 0.693. The van der Waals surface area contributed by atoms with Crippen LogP contribution in [0.3, 0.4) is 0 Å². The molecule has 20 heavy (non-hydrogen) atoms. The van der Waals surface area contributed by atoms with Gasteiger partial charge in [0.05, 0.1) is 10.6 Å². The molecule has 2 rings (SSSR count). The van der Waals surface area contributed by atoms with E-state index in [-0.39, 0.29) is 11.6 Å². The summed E-state index contributed by atoms with van der Waals surface area (Å²) in [6, 6.07) is 9.28. The number of hydrogen-bond acceptors (Lipinski definition) is 3. The summed E-state index contributed by atoms with van der Waals surface area (Å²) >= 11 is 5.66. The van der Waals surface area contributed by atoms with Gasteiger partial charge >= 0.3 is 5.97 Å². The van der Waals surface area contributed by atoms with Crippen LogP contribution in [-0.2, 0) is 11.3 Å². The van der Waals surface area contributed by atoms with Crippen LogP contribution in [-0.4, -0.2) is 5.97 Å². The first-order valence-electron chi connectivity index (χ1n) is 5.94. The number of esters is 1. The van der Waals surface area contributed by atoms with Crippen LogP contribution in [0.2, 0.25) is 5.02 Å². The second-order valence-electron chi connectivity index (χ2n) is 4.42. The molecule has 0 atom stereocenters. The number of halogens is 2. The Morgan fingerprint density at radius 2 is 2.05 bits per heavy atom. The highest BCUT2D eigenvalue weighted by molar-refractivity contribution is 6.30. The summed E-state index contributed by atoms with van der Waals surface area (Å²) in [5.41, 5.74) is 7.93. The number of rotatable bonds is 3. The predicted octanol–water partition coefficient (Wildman–Crippen LogP) is 3.73. The van der Waals surface area contributed by atoms with Crippen molar-refractivity contribution in [2.45, 2.75) is 13.5 Å². The fourth-order valence-corrected chi connectivity index (χ4v) is 1.91. The SMILES string of the molecule is Cc1ccc(N)c(C(=O)OCc2ccc(F)c(Cl)c2)c1. The summed E-state index contributed by atoms with van der Waals surface area (Å²) in [5, 5.41) is -0.00591. The molecule has 104 valence electrons. The van der Waals surface area contributed by atoms with Crippen molar-refractivity contribution in [3.05, 3.63) is 63.9 Å². The van der Waals surface area contributed by atoms with E-state index in [4.69, 9.17) is 22.1 Å². The molecule has 0 aliphatic heterocycles. The standard InChI is InChI=1S/C15H13ClFNO2/c1-9-2-5-14(18)11(6-9)15(19)20-8-10-3-4-13(17)12(16)7-10/h2-7H,8,18H2,1H3. The van der Waals surface area contributed by atoms with Crippen molar-refractivity contribution in [2.75, 3.05) is 5.73 Å². The number of hydrogen-bond donors (Lipinski definition) is 1. The number of ether oxygens (including phenoxy) is 1. The van der Waals surface area contributed by atoms with Crippen molar-refractivity contribution in [1.82, 2.24) is 0 Å². The van der Waals surface area contributed by atoms with Crippen LogP contribution in [0, 0.1) is 12.7 Å². The molecule has 0 aromatic heterocycles. The highest BCUT2D eigenvalue weighted by Crippen LogP contribution is 2.18. The van der Waals surface area contributed by atoms with Crippen molar-refractivity contribution in [1.29, 1.82) is 0 Å². The fraction of sp³-hybridized carbons (Fsp3) is 0.133. The van der Waals surface area contributed by atoms with E-state index in [0.717, 1.165) is 5.56 Å². The molecule has 0 heterocycles. The number of aryl methyl sites for hydroxylation is 1. The Bertz CT molecular complexity index is 658. The minimum Gasteiger partial charge on any atom is -0.457 e. The minimum absolute atomic E-state index is 0.00591. The van der Waals surface area contributed by atoms with Gasteiger partial charge in [0, 0.05) is 5.69 Å². The highest BCUT2D eigenvalue weighted by Gasteiger charge is 2.12. The molecule has 0 fully saturated rings. The van der Waals surface area contributed by atoms with Gasteiger partial charge in [-0.2, -0.15) is 0 Å². The summed E-state index contributed by atoms with van der Waals surface area (Å²) in [4.78, 5) is 11.9. The Labute approximate surface area is 121 Å². The van der Waals surface area contributed by atoms with Crippen molar-refractivity contribution in [2.24, 2.45) is 0 Å². The zero-order chi connectivity index (χ0) is 14.7. The molecule has 0 bridgehead atoms. The average molecular weight is 294 g/mol. The molecule has 0 unspecified atom stereocenters. The molecule has 3 nitrogen and oxygen atoms in total. The Hall–Kier alpha value is -2.07. The number of carbonyl (C=O) groups is 1. The van der Waals surface area contributed by atoms with Crippen LogP contribution in [0.15, 0.2) is 36.4 Å². The van der Waals surface area contributed by atoms with Gasteiger partial charge in [-0.25, -0.2) is 9.18 Å². The summed E-state index contributed by atoms with van der Waals surface area (Å²) in [7, 11) is 0. The molecule has 0 saturated carbocycles. The van der Waals surface area contributed by atoms with E-state index < -0.39 is 11.8 Å². The van der Waals surface area contributed by atoms with Crippen molar-refractivity contribution in [3.8, 4) is 0 Å². The van der Waals surface area contributed by atoms with E-state index in [1.807, 2.05) is 13.0 Å². The first-order chi connectivity index (χ1) is 9.47. The molecular weight excluding hydrogens is 281 g/mol. The Balaban J connectivity index is 2.08. The van der Waals surface area contributed by atoms with E-state index in [1.165, 1.54) is 18.2 Å². The van der Waals surface area contributed by atoms with Gasteiger partial charge in [-0.05, 0) is 36.8 Å². The van der Waals surface area contributed by atoms with E-state index in [1.54, 1.807) is 12.1 Å². The van der Waals surface area contributed by atoms with E-state index in [0.29, 0.717) is 16.8 Å². The second-order valence-corrected chi connectivity index (χ2v) is 4.82. The van der Waals surface area contributed by atoms with Crippen molar-refractivity contribution >= 4 is 23.3 Å². The van der Waals surface area contributed by atoms with Gasteiger partial charge < -0.3 is 10.5 Å². The number of nitrogen functional groups attached to an aromatic ring is 1. The van der Waals surface area contributed by atoms with Crippen LogP contribution in [0.1, 0.15) is 21.5 Å². The van der Waals surface area contributed by atoms with Crippen LogP contribution in [0.4, 0.5) is 10.1 Å². The first kappa shape index (κ1) is 14.3. The molecular formula is C15H13ClFNO2. The maximum atomic E-state index is 13.0. The van der Waals surface area contributed by atoms with Gasteiger partial charge in [-0.1, -0.05) is 29.3 Å². The number of anilines is 1. The lowest BCUT2D eigenvalue weighted by atomic mass is 10.1. The van der Waals surface area contributed by atoms with Crippen LogP contribution < -0.4 is 5.73 Å². The van der Waals surface area contributed by atoms with E-state index >= 15 is 0 Å². The van der Waals surface area contributed by atoms with Gasteiger partial charge in [0.25, 0.3) is 0 Å². The van der Waals surface area contributed by atoms with Gasteiger partial charge in [0.15, 0.2) is 0 Å². The van der Waals surface area contributed by atoms with Crippen LogP contribution in [0.5, 0.6) is 0 Å². The Kier molecular flexibility index (Phi) is 4.25. The molecule has 0 aliphatic carbocycles. The predicted molar refractivity (Wildman–Crippen MR) is 76.1 cm³/mol. The zero-order valence-electron chi connectivity index (χ0n) is 10.8. The Morgan fingerprint density at radius 3 is 2.75 bits per heavy atom. The second kappa shape index (κ2) is 5.92. The third-order valence-corrected chi connectivity index (χ3v) is 3.07. The molecule has 0 spiro atoms. The van der Waals surface area contributed by atoms with Gasteiger partial charge in [-0.15, -0.1) is 0 Å². The molecule has 0 aliphatic rings. The number of carbonyl (C=O) groups excluding carboxylic acids is 1. The summed E-state index contributed by atoms with van der Waals surface area (Å²) in [6.45, 7) is 1.86. The molecule has 0 saturated heterocycles. The van der Waals surface area contributed by atoms with Gasteiger partial charge in [-0.3, -0.25) is 0 Å². The summed E-state index contributed by atoms with van der Waals surface area (Å²) in [6.07, 6.45) is 0. The molecule has 0 radical (unpaired) electrons. The van der Waals surface area contributed by atoms with Crippen molar-refractivity contribution in [3.63, 3.8) is 0 Å².